The number of hydrogen-bond donors (Lipinski definition) is 4. The average molecular weight is 442 g/mol. The van der Waals surface area contributed by atoms with E-state index in [4.69, 9.17) is 9.47 Å². The van der Waals surface area contributed by atoms with Crippen molar-refractivity contribution in [2.75, 3.05) is 26.9 Å². The Bertz CT molecular complexity index is 982. The number of aromatic hydroxyl groups is 1. The number of phenolic OH excluding ortho intramolecular Hbond substituents is 1. The lowest BCUT2D eigenvalue weighted by Gasteiger charge is -2.32. The van der Waals surface area contributed by atoms with Crippen LogP contribution in [0.15, 0.2) is 36.4 Å². The number of nitrogens with one attached hydrogen (secondary N) is 2. The van der Waals surface area contributed by atoms with Gasteiger partial charge >= 0.3 is 0 Å². The van der Waals surface area contributed by atoms with Gasteiger partial charge in [-0.3, -0.25) is 4.79 Å². The van der Waals surface area contributed by atoms with E-state index in [0.717, 1.165) is 16.7 Å². The minimum Gasteiger partial charge on any atom is -0.508 e. The number of hydrazine groups is 1. The largest absolute Gasteiger partial charge is 0.508 e. The maximum Gasteiger partial charge on any atom is 0.242 e. The Kier molecular flexibility index (Phi) is 6.55. The number of methoxy groups -OCH3 is 1. The van der Waals surface area contributed by atoms with Crippen LogP contribution in [0.1, 0.15) is 42.1 Å². The summed E-state index contributed by atoms with van der Waals surface area (Å²) in [6, 6.07) is 10.3. The van der Waals surface area contributed by atoms with E-state index in [-0.39, 0.29) is 36.3 Å². The third kappa shape index (κ3) is 3.90. The summed E-state index contributed by atoms with van der Waals surface area (Å²) in [7, 11) is 1.60. The number of ether oxygens (including phenoxy) is 2. The van der Waals surface area contributed by atoms with E-state index in [9.17, 15) is 15.0 Å². The molecule has 2 aliphatic heterocycles. The molecular formula is C24H31N3O5. The van der Waals surface area contributed by atoms with Crippen LogP contribution < -0.4 is 20.3 Å². The number of carbonyl (C=O) groups is 1. The Hall–Kier alpha value is -2.81. The molecule has 2 saturated heterocycles. The van der Waals surface area contributed by atoms with Crippen LogP contribution >= 0.6 is 0 Å². The van der Waals surface area contributed by atoms with Crippen LogP contribution in [0.25, 0.3) is 0 Å². The molecule has 2 fully saturated rings. The first-order valence-corrected chi connectivity index (χ1v) is 11.0. The smallest absolute Gasteiger partial charge is 0.242 e. The first-order chi connectivity index (χ1) is 15.5. The van der Waals surface area contributed by atoms with Gasteiger partial charge in [-0.25, -0.2) is 10.9 Å². The molecule has 0 radical (unpaired) electrons. The van der Waals surface area contributed by atoms with Gasteiger partial charge in [0.25, 0.3) is 0 Å². The quantitative estimate of drug-likeness (QED) is 0.498. The van der Waals surface area contributed by atoms with Gasteiger partial charge in [0.2, 0.25) is 5.91 Å². The normalized spacial score (nSPS) is 24.6. The summed E-state index contributed by atoms with van der Waals surface area (Å²) >= 11 is 0. The van der Waals surface area contributed by atoms with Crippen molar-refractivity contribution in [3.8, 4) is 17.2 Å². The van der Waals surface area contributed by atoms with E-state index >= 15 is 0 Å². The summed E-state index contributed by atoms with van der Waals surface area (Å²) in [5.41, 5.74) is 9.12. The second-order valence-corrected chi connectivity index (χ2v) is 8.28. The predicted octanol–water partition coefficient (Wildman–Crippen LogP) is 2.21. The number of aryl methyl sites for hydroxylation is 1. The molecule has 4 atom stereocenters. The van der Waals surface area contributed by atoms with Crippen LogP contribution in [-0.4, -0.2) is 53.9 Å². The van der Waals surface area contributed by atoms with Crippen molar-refractivity contribution in [2.24, 2.45) is 5.92 Å². The Labute approximate surface area is 188 Å². The zero-order chi connectivity index (χ0) is 22.8. The van der Waals surface area contributed by atoms with Gasteiger partial charge in [0.05, 0.1) is 25.8 Å². The van der Waals surface area contributed by atoms with Crippen LogP contribution in [0.4, 0.5) is 0 Å². The number of nitrogens with zero attached hydrogens (tertiary/aromatic N) is 1. The van der Waals surface area contributed by atoms with E-state index in [1.54, 1.807) is 13.2 Å². The maximum absolute atomic E-state index is 13.4. The van der Waals surface area contributed by atoms with Crippen molar-refractivity contribution in [3.05, 3.63) is 53.1 Å². The summed E-state index contributed by atoms with van der Waals surface area (Å²) in [6.45, 7) is 4.86. The first-order valence-electron chi connectivity index (χ1n) is 11.0. The number of carbonyl (C=O) groups excluding carboxylic acids is 1. The van der Waals surface area contributed by atoms with Gasteiger partial charge in [-0.05, 0) is 44.0 Å². The fourth-order valence-corrected chi connectivity index (χ4v) is 4.92. The average Bonchev–Trinajstić information content (AvgIpc) is 3.33. The third-order valence-corrected chi connectivity index (χ3v) is 6.32. The molecule has 0 aromatic heterocycles. The second-order valence-electron chi connectivity index (χ2n) is 8.28. The highest BCUT2D eigenvalue weighted by Crippen LogP contribution is 2.49. The van der Waals surface area contributed by atoms with E-state index in [0.29, 0.717) is 31.1 Å². The Morgan fingerprint density at radius 3 is 2.59 bits per heavy atom. The number of aliphatic hydroxyl groups excluding tert-OH is 1. The minimum atomic E-state index is -0.443. The van der Waals surface area contributed by atoms with Gasteiger partial charge in [-0.15, -0.1) is 0 Å². The number of rotatable bonds is 8. The van der Waals surface area contributed by atoms with Crippen molar-refractivity contribution in [1.82, 2.24) is 15.8 Å². The minimum absolute atomic E-state index is 0.00616. The lowest BCUT2D eigenvalue weighted by atomic mass is 9.82. The van der Waals surface area contributed by atoms with Gasteiger partial charge in [0.15, 0.2) is 11.5 Å². The summed E-state index contributed by atoms with van der Waals surface area (Å²) in [5.74, 6) is 1.26. The van der Waals surface area contributed by atoms with Gasteiger partial charge in [0.1, 0.15) is 11.8 Å². The zero-order valence-electron chi connectivity index (χ0n) is 18.7. The number of aliphatic hydroxyl groups is 1. The van der Waals surface area contributed by atoms with Crippen molar-refractivity contribution >= 4 is 5.91 Å². The molecule has 8 heteroatoms. The molecule has 32 heavy (non-hydrogen) atoms. The molecule has 2 aromatic rings. The molecule has 2 heterocycles. The molecule has 4 N–H and O–H groups in total. The van der Waals surface area contributed by atoms with Crippen molar-refractivity contribution < 1.29 is 24.5 Å². The molecule has 0 bridgehead atoms. The molecular weight excluding hydrogens is 410 g/mol. The molecule has 0 saturated carbocycles. The van der Waals surface area contributed by atoms with E-state index in [2.05, 4.69) is 10.9 Å². The van der Waals surface area contributed by atoms with Crippen LogP contribution in [0.2, 0.25) is 0 Å². The van der Waals surface area contributed by atoms with E-state index < -0.39 is 6.04 Å². The maximum atomic E-state index is 13.4. The highest BCUT2D eigenvalue weighted by Gasteiger charge is 2.55. The van der Waals surface area contributed by atoms with E-state index in [1.807, 2.05) is 49.1 Å². The highest BCUT2D eigenvalue weighted by atomic mass is 16.5. The van der Waals surface area contributed by atoms with Gasteiger partial charge in [-0.1, -0.05) is 23.8 Å². The van der Waals surface area contributed by atoms with E-state index in [1.165, 1.54) is 0 Å². The number of phenols is 1. The predicted molar refractivity (Wildman–Crippen MR) is 119 cm³/mol. The van der Waals surface area contributed by atoms with Gasteiger partial charge in [0, 0.05) is 24.6 Å². The molecule has 172 valence electrons. The number of hydrogen-bond acceptors (Lipinski definition) is 7. The van der Waals surface area contributed by atoms with Crippen LogP contribution in [-0.2, 0) is 4.79 Å². The van der Waals surface area contributed by atoms with Crippen molar-refractivity contribution in [1.29, 1.82) is 0 Å². The highest BCUT2D eigenvalue weighted by molar-refractivity contribution is 5.86. The standard InChI is InChI=1S/C24H31N3O5/c1-4-32-18-9-7-15(13-19(18)31-3)23-20-21(16-12-14(2)6-8-17(16)29)25-26-22(20)24(30)27(23)10-5-11-28/h6-9,12-13,20-23,25-26,28-29H,4-5,10-11H2,1-3H3. The summed E-state index contributed by atoms with van der Waals surface area (Å²) in [5, 5.41) is 20.0. The molecule has 2 aliphatic rings. The summed E-state index contributed by atoms with van der Waals surface area (Å²) < 4.78 is 11.2. The molecule has 0 aliphatic carbocycles. The van der Waals surface area contributed by atoms with Gasteiger partial charge < -0.3 is 24.6 Å². The van der Waals surface area contributed by atoms with Crippen molar-refractivity contribution in [3.63, 3.8) is 0 Å². The lowest BCUT2D eigenvalue weighted by molar-refractivity contribution is -0.130. The van der Waals surface area contributed by atoms with Crippen LogP contribution in [0.5, 0.6) is 17.2 Å². The third-order valence-electron chi connectivity index (χ3n) is 6.32. The number of amides is 1. The molecule has 1 amide bonds. The Morgan fingerprint density at radius 2 is 1.88 bits per heavy atom. The number of benzene rings is 2. The SMILES string of the molecule is CCOc1ccc(C2C3C(NNC3c3cc(C)ccc3O)C(=O)N2CCCO)cc1OC. The first kappa shape index (κ1) is 22.4. The summed E-state index contributed by atoms with van der Waals surface area (Å²) in [4.78, 5) is 15.2. The molecule has 0 spiro atoms. The fraction of sp³-hybridized carbons (Fsp3) is 0.458. The fourth-order valence-electron chi connectivity index (χ4n) is 4.92. The van der Waals surface area contributed by atoms with Crippen LogP contribution in [0.3, 0.4) is 0 Å². The van der Waals surface area contributed by atoms with Crippen molar-refractivity contribution in [2.45, 2.75) is 38.4 Å². The molecule has 8 nitrogen and oxygen atoms in total. The van der Waals surface area contributed by atoms with Gasteiger partial charge in [-0.2, -0.15) is 0 Å². The molecule has 4 rings (SSSR count). The lowest BCUT2D eigenvalue weighted by Crippen LogP contribution is -2.41. The monoisotopic (exact) mass is 441 g/mol. The molecule has 4 unspecified atom stereocenters. The second kappa shape index (κ2) is 9.36. The Morgan fingerprint density at radius 1 is 1.09 bits per heavy atom. The van der Waals surface area contributed by atoms with Crippen LogP contribution in [0, 0.1) is 12.8 Å². The number of likely N-dealkylation sites (tertiary alicyclic amines) is 1. The number of fused-ring (bicyclic) bond motifs is 1. The summed E-state index contributed by atoms with van der Waals surface area (Å²) in [6.07, 6.45) is 0.490. The topological polar surface area (TPSA) is 103 Å². The Balaban J connectivity index is 1.78. The molecule has 2 aromatic carbocycles. The zero-order valence-corrected chi connectivity index (χ0v) is 18.7.